The summed E-state index contributed by atoms with van der Waals surface area (Å²) in [6, 6.07) is 0. The number of rotatable bonds is 3. The van der Waals surface area contributed by atoms with Crippen LogP contribution in [0.2, 0.25) is 0 Å². The second-order valence-corrected chi connectivity index (χ2v) is 4.38. The van der Waals surface area contributed by atoms with E-state index in [-0.39, 0.29) is 6.42 Å². The highest BCUT2D eigenvalue weighted by molar-refractivity contribution is 7.86. The molecule has 6 heteroatoms. The molecule has 0 aliphatic carbocycles. The van der Waals surface area contributed by atoms with E-state index in [1.54, 1.807) is 17.9 Å². The summed E-state index contributed by atoms with van der Waals surface area (Å²) in [5.74, 6) is -0.479. The third kappa shape index (κ3) is 2.80. The lowest BCUT2D eigenvalue weighted by atomic mass is 10.2. The molecular formula is C7H11FN2O2S. The minimum absolute atomic E-state index is 0.168. The van der Waals surface area contributed by atoms with Gasteiger partial charge in [-0.05, 0) is 12.5 Å². The van der Waals surface area contributed by atoms with Gasteiger partial charge in [0.1, 0.15) is 0 Å². The fourth-order valence-electron chi connectivity index (χ4n) is 1.15. The van der Waals surface area contributed by atoms with Gasteiger partial charge in [-0.3, -0.25) is 4.68 Å². The van der Waals surface area contributed by atoms with Crippen LogP contribution in [0.3, 0.4) is 0 Å². The van der Waals surface area contributed by atoms with Crippen LogP contribution in [0, 0.1) is 6.92 Å². The molecule has 0 bridgehead atoms. The van der Waals surface area contributed by atoms with Crippen molar-refractivity contribution in [2.24, 2.45) is 7.05 Å². The van der Waals surface area contributed by atoms with E-state index in [1.807, 2.05) is 6.92 Å². The van der Waals surface area contributed by atoms with Crippen LogP contribution in [0.1, 0.15) is 11.3 Å². The quantitative estimate of drug-likeness (QED) is 0.679. The number of hydrogen-bond donors (Lipinski definition) is 0. The molecule has 0 N–H and O–H groups in total. The second-order valence-electron chi connectivity index (χ2n) is 2.89. The van der Waals surface area contributed by atoms with Gasteiger partial charge in [0.15, 0.2) is 0 Å². The van der Waals surface area contributed by atoms with Gasteiger partial charge in [0.2, 0.25) is 0 Å². The summed E-state index contributed by atoms with van der Waals surface area (Å²) in [6.07, 6.45) is 1.79. The fraction of sp³-hybridized carbons (Fsp3) is 0.571. The predicted octanol–water partition coefficient (Wildman–Crippen LogP) is 0.570. The van der Waals surface area contributed by atoms with Gasteiger partial charge in [-0.1, -0.05) is 0 Å². The molecule has 0 atom stereocenters. The van der Waals surface area contributed by atoms with Gasteiger partial charge in [-0.2, -0.15) is 13.5 Å². The zero-order valence-corrected chi connectivity index (χ0v) is 8.31. The van der Waals surface area contributed by atoms with E-state index in [0.29, 0.717) is 0 Å². The number of aromatic nitrogens is 2. The van der Waals surface area contributed by atoms with Crippen LogP contribution in [-0.2, 0) is 23.7 Å². The molecule has 0 unspecified atom stereocenters. The molecule has 0 saturated carbocycles. The van der Waals surface area contributed by atoms with Gasteiger partial charge in [-0.25, -0.2) is 0 Å². The Morgan fingerprint density at radius 2 is 2.23 bits per heavy atom. The van der Waals surface area contributed by atoms with E-state index >= 15 is 0 Å². The predicted molar refractivity (Wildman–Crippen MR) is 46.5 cm³/mol. The minimum atomic E-state index is -4.37. The van der Waals surface area contributed by atoms with Crippen molar-refractivity contribution in [2.45, 2.75) is 13.3 Å². The normalized spacial score (nSPS) is 11.9. The first-order valence-electron chi connectivity index (χ1n) is 3.80. The van der Waals surface area contributed by atoms with Crippen molar-refractivity contribution in [1.29, 1.82) is 0 Å². The molecule has 1 rings (SSSR count). The smallest absolute Gasteiger partial charge is 0.272 e. The van der Waals surface area contributed by atoms with Crippen molar-refractivity contribution in [3.8, 4) is 0 Å². The molecule has 1 aromatic heterocycles. The Morgan fingerprint density at radius 1 is 1.62 bits per heavy atom. The highest BCUT2D eigenvalue weighted by Gasteiger charge is 2.11. The zero-order chi connectivity index (χ0) is 10.1. The van der Waals surface area contributed by atoms with Crippen LogP contribution in [0.25, 0.3) is 0 Å². The highest BCUT2D eigenvalue weighted by atomic mass is 32.3. The van der Waals surface area contributed by atoms with E-state index in [4.69, 9.17) is 0 Å². The topological polar surface area (TPSA) is 52.0 Å². The molecule has 0 aromatic carbocycles. The lowest BCUT2D eigenvalue weighted by Crippen LogP contribution is -2.07. The van der Waals surface area contributed by atoms with Gasteiger partial charge in [0, 0.05) is 19.2 Å². The Kier molecular flexibility index (Phi) is 2.70. The van der Waals surface area contributed by atoms with Crippen molar-refractivity contribution in [1.82, 2.24) is 9.78 Å². The van der Waals surface area contributed by atoms with Gasteiger partial charge in [0.05, 0.1) is 11.9 Å². The summed E-state index contributed by atoms with van der Waals surface area (Å²) in [7, 11) is -2.67. The van der Waals surface area contributed by atoms with Crippen molar-refractivity contribution in [2.75, 3.05) is 5.75 Å². The Labute approximate surface area is 76.6 Å². The van der Waals surface area contributed by atoms with Gasteiger partial charge in [-0.15, -0.1) is 3.89 Å². The first kappa shape index (κ1) is 10.2. The van der Waals surface area contributed by atoms with Crippen molar-refractivity contribution >= 4 is 10.2 Å². The van der Waals surface area contributed by atoms with Crippen molar-refractivity contribution in [3.63, 3.8) is 0 Å². The zero-order valence-electron chi connectivity index (χ0n) is 7.49. The number of hydrogen-bond acceptors (Lipinski definition) is 3. The highest BCUT2D eigenvalue weighted by Crippen LogP contribution is 2.07. The molecule has 13 heavy (non-hydrogen) atoms. The Balaban J connectivity index is 2.75. The Hall–Kier alpha value is -0.910. The summed E-state index contributed by atoms with van der Waals surface area (Å²) in [4.78, 5) is 0. The maximum Gasteiger partial charge on any atom is 0.302 e. The van der Waals surface area contributed by atoms with Crippen molar-refractivity contribution < 1.29 is 12.3 Å². The second kappa shape index (κ2) is 3.45. The molecule has 0 amide bonds. The summed E-state index contributed by atoms with van der Waals surface area (Å²) in [6.45, 7) is 1.81. The molecule has 0 saturated heterocycles. The molecule has 0 fully saturated rings. The van der Waals surface area contributed by atoms with Crippen LogP contribution in [0.15, 0.2) is 6.20 Å². The lowest BCUT2D eigenvalue weighted by Gasteiger charge is -2.00. The largest absolute Gasteiger partial charge is 0.302 e. The first-order chi connectivity index (χ1) is 5.90. The molecule has 4 nitrogen and oxygen atoms in total. The SMILES string of the molecule is Cc1cnn(C)c1CCS(=O)(=O)F. The van der Waals surface area contributed by atoms with E-state index in [2.05, 4.69) is 5.10 Å². The van der Waals surface area contributed by atoms with Crippen LogP contribution in [0.5, 0.6) is 0 Å². The first-order valence-corrected chi connectivity index (χ1v) is 5.35. The average molecular weight is 206 g/mol. The van der Waals surface area contributed by atoms with E-state index in [0.717, 1.165) is 11.3 Å². The molecule has 0 aliphatic heterocycles. The maximum absolute atomic E-state index is 12.2. The molecular weight excluding hydrogens is 195 g/mol. The average Bonchev–Trinajstić information content (AvgIpc) is 2.27. The number of halogens is 1. The molecule has 0 aliphatic rings. The van der Waals surface area contributed by atoms with Gasteiger partial charge >= 0.3 is 10.2 Å². The molecule has 74 valence electrons. The number of aryl methyl sites for hydroxylation is 2. The minimum Gasteiger partial charge on any atom is -0.272 e. The Bertz CT molecular complexity index is 377. The van der Waals surface area contributed by atoms with E-state index in [1.165, 1.54) is 0 Å². The van der Waals surface area contributed by atoms with E-state index in [9.17, 15) is 12.3 Å². The standard InChI is InChI=1S/C7H11FN2O2S/c1-6-5-9-10(2)7(6)3-4-13(8,11)12/h5H,3-4H2,1-2H3. The van der Waals surface area contributed by atoms with Gasteiger partial charge < -0.3 is 0 Å². The fourth-order valence-corrected chi connectivity index (χ4v) is 1.59. The molecule has 0 spiro atoms. The van der Waals surface area contributed by atoms with Crippen LogP contribution >= 0.6 is 0 Å². The number of nitrogens with zero attached hydrogens (tertiary/aromatic N) is 2. The summed E-state index contributed by atoms with van der Waals surface area (Å²) >= 11 is 0. The van der Waals surface area contributed by atoms with Crippen LogP contribution in [-0.4, -0.2) is 24.0 Å². The van der Waals surface area contributed by atoms with Gasteiger partial charge in [0.25, 0.3) is 0 Å². The van der Waals surface area contributed by atoms with E-state index < -0.39 is 16.0 Å². The van der Waals surface area contributed by atoms with Crippen LogP contribution in [0.4, 0.5) is 3.89 Å². The Morgan fingerprint density at radius 3 is 2.62 bits per heavy atom. The molecule has 1 heterocycles. The molecule has 1 aromatic rings. The maximum atomic E-state index is 12.2. The molecule has 0 radical (unpaired) electrons. The third-order valence-corrected chi connectivity index (χ3v) is 2.54. The summed E-state index contributed by atoms with van der Waals surface area (Å²) in [5, 5.41) is 3.92. The lowest BCUT2D eigenvalue weighted by molar-refractivity contribution is 0.550. The van der Waals surface area contributed by atoms with Crippen LogP contribution < -0.4 is 0 Å². The van der Waals surface area contributed by atoms with Crippen molar-refractivity contribution in [3.05, 3.63) is 17.5 Å². The monoisotopic (exact) mass is 206 g/mol. The summed E-state index contributed by atoms with van der Waals surface area (Å²) < 4.78 is 34.2. The summed E-state index contributed by atoms with van der Waals surface area (Å²) in [5.41, 5.74) is 1.63. The third-order valence-electron chi connectivity index (χ3n) is 1.85.